The standard InChI is InChI=1S/C18H13N5O2/c24-16(11-12-6-9-19-10-7-12)22-15-5-1-3-13(21-15)18-23-17-14(25-18)4-2-8-20-17/h1-10H,11H2,(H,21,22,24). The van der Waals surface area contributed by atoms with E-state index < -0.39 is 0 Å². The number of aromatic nitrogens is 4. The van der Waals surface area contributed by atoms with Crippen molar-refractivity contribution in [3.8, 4) is 11.6 Å². The summed E-state index contributed by atoms with van der Waals surface area (Å²) in [6, 6.07) is 12.4. The maximum atomic E-state index is 12.1. The number of amides is 1. The Labute approximate surface area is 142 Å². The van der Waals surface area contributed by atoms with Crippen LogP contribution in [0, 0.1) is 0 Å². The predicted octanol–water partition coefficient (Wildman–Crippen LogP) is 2.86. The molecule has 4 rings (SSSR count). The zero-order valence-corrected chi connectivity index (χ0v) is 13.1. The van der Waals surface area contributed by atoms with Gasteiger partial charge < -0.3 is 9.73 Å². The van der Waals surface area contributed by atoms with Crippen molar-refractivity contribution in [1.82, 2.24) is 19.9 Å². The topological polar surface area (TPSA) is 93.8 Å². The van der Waals surface area contributed by atoms with Gasteiger partial charge in [-0.05, 0) is 42.0 Å². The number of oxazole rings is 1. The third-order valence-corrected chi connectivity index (χ3v) is 3.51. The lowest BCUT2D eigenvalue weighted by Gasteiger charge is -2.05. The van der Waals surface area contributed by atoms with Crippen LogP contribution in [0.15, 0.2) is 65.5 Å². The average Bonchev–Trinajstić information content (AvgIpc) is 3.07. The normalized spacial score (nSPS) is 10.7. The van der Waals surface area contributed by atoms with Crippen molar-refractivity contribution in [2.75, 3.05) is 5.32 Å². The quantitative estimate of drug-likeness (QED) is 0.618. The van der Waals surface area contributed by atoms with Crippen molar-refractivity contribution < 1.29 is 9.21 Å². The van der Waals surface area contributed by atoms with Crippen molar-refractivity contribution in [2.45, 2.75) is 6.42 Å². The van der Waals surface area contributed by atoms with Crippen LogP contribution in [0.25, 0.3) is 22.8 Å². The summed E-state index contributed by atoms with van der Waals surface area (Å²) in [7, 11) is 0. The molecular weight excluding hydrogens is 318 g/mol. The molecule has 7 heteroatoms. The van der Waals surface area contributed by atoms with Crippen LogP contribution in [-0.2, 0) is 11.2 Å². The molecule has 0 aliphatic carbocycles. The number of rotatable bonds is 4. The molecule has 0 saturated heterocycles. The van der Waals surface area contributed by atoms with E-state index in [9.17, 15) is 4.79 Å². The Hall–Kier alpha value is -3.61. The minimum absolute atomic E-state index is 0.157. The van der Waals surface area contributed by atoms with Gasteiger partial charge in [-0.25, -0.2) is 9.97 Å². The van der Waals surface area contributed by atoms with Gasteiger partial charge in [0.15, 0.2) is 11.2 Å². The van der Waals surface area contributed by atoms with Crippen molar-refractivity contribution in [1.29, 1.82) is 0 Å². The van der Waals surface area contributed by atoms with Gasteiger partial charge in [0.05, 0.1) is 6.42 Å². The first-order chi connectivity index (χ1) is 12.3. The first kappa shape index (κ1) is 14.9. The van der Waals surface area contributed by atoms with Crippen LogP contribution in [0.5, 0.6) is 0 Å². The largest absolute Gasteiger partial charge is 0.433 e. The summed E-state index contributed by atoms with van der Waals surface area (Å²) in [5, 5.41) is 2.78. The van der Waals surface area contributed by atoms with Crippen LogP contribution in [0.2, 0.25) is 0 Å². The van der Waals surface area contributed by atoms with Crippen molar-refractivity contribution >= 4 is 23.0 Å². The first-order valence-corrected chi connectivity index (χ1v) is 7.66. The number of pyridine rings is 3. The van der Waals surface area contributed by atoms with Crippen LogP contribution < -0.4 is 5.32 Å². The number of carbonyl (C=O) groups excluding carboxylic acids is 1. The Bertz CT molecular complexity index is 997. The highest BCUT2D eigenvalue weighted by Gasteiger charge is 2.11. The van der Waals surface area contributed by atoms with Crippen molar-refractivity contribution in [3.63, 3.8) is 0 Å². The molecule has 0 unspecified atom stereocenters. The molecular formula is C18H13N5O2. The minimum atomic E-state index is -0.157. The van der Waals surface area contributed by atoms with Crippen LogP contribution in [0.4, 0.5) is 5.82 Å². The maximum Gasteiger partial charge on any atom is 0.247 e. The van der Waals surface area contributed by atoms with Gasteiger partial charge in [0.2, 0.25) is 11.8 Å². The molecule has 0 saturated carbocycles. The van der Waals surface area contributed by atoms with Crippen LogP contribution in [0.3, 0.4) is 0 Å². The van der Waals surface area contributed by atoms with Gasteiger partial charge in [0, 0.05) is 18.6 Å². The second-order valence-electron chi connectivity index (χ2n) is 5.33. The molecule has 25 heavy (non-hydrogen) atoms. The lowest BCUT2D eigenvalue weighted by atomic mass is 10.2. The second kappa shape index (κ2) is 6.48. The maximum absolute atomic E-state index is 12.1. The van der Waals surface area contributed by atoms with Crippen LogP contribution in [-0.4, -0.2) is 25.8 Å². The first-order valence-electron chi connectivity index (χ1n) is 7.66. The third-order valence-electron chi connectivity index (χ3n) is 3.51. The van der Waals surface area contributed by atoms with E-state index in [1.54, 1.807) is 61.1 Å². The molecule has 0 radical (unpaired) electrons. The number of hydrogen-bond acceptors (Lipinski definition) is 6. The number of hydrogen-bond donors (Lipinski definition) is 1. The lowest BCUT2D eigenvalue weighted by Crippen LogP contribution is -2.15. The average molecular weight is 331 g/mol. The Morgan fingerprint density at radius 2 is 1.88 bits per heavy atom. The Morgan fingerprint density at radius 3 is 2.72 bits per heavy atom. The fourth-order valence-corrected chi connectivity index (χ4v) is 2.38. The fraction of sp³-hybridized carbons (Fsp3) is 0.0556. The lowest BCUT2D eigenvalue weighted by molar-refractivity contribution is -0.115. The Morgan fingerprint density at radius 1 is 1.00 bits per heavy atom. The third kappa shape index (κ3) is 3.35. The summed E-state index contributed by atoms with van der Waals surface area (Å²) >= 11 is 0. The van der Waals surface area contributed by atoms with Gasteiger partial charge in [-0.3, -0.25) is 9.78 Å². The highest BCUT2D eigenvalue weighted by atomic mass is 16.3. The Balaban J connectivity index is 1.54. The SMILES string of the molecule is O=C(Cc1ccncc1)Nc1cccc(-c2nc3ncccc3o2)n1. The number of fused-ring (bicyclic) bond motifs is 1. The zero-order valence-electron chi connectivity index (χ0n) is 13.1. The summed E-state index contributed by atoms with van der Waals surface area (Å²) in [5.74, 6) is 0.640. The monoisotopic (exact) mass is 331 g/mol. The number of nitrogens with one attached hydrogen (secondary N) is 1. The molecule has 1 amide bonds. The summed E-state index contributed by atoms with van der Waals surface area (Å²) < 4.78 is 5.65. The highest BCUT2D eigenvalue weighted by Crippen LogP contribution is 2.22. The zero-order chi connectivity index (χ0) is 17.1. The molecule has 0 aliphatic heterocycles. The molecule has 0 spiro atoms. The molecule has 1 N–H and O–H groups in total. The fourth-order valence-electron chi connectivity index (χ4n) is 2.38. The number of anilines is 1. The summed E-state index contributed by atoms with van der Waals surface area (Å²) in [5.41, 5.74) is 2.52. The number of nitrogens with zero attached hydrogens (tertiary/aromatic N) is 4. The second-order valence-corrected chi connectivity index (χ2v) is 5.33. The van der Waals surface area contributed by atoms with Gasteiger partial charge in [-0.1, -0.05) is 6.07 Å². The van der Waals surface area contributed by atoms with E-state index in [0.29, 0.717) is 28.6 Å². The van der Waals surface area contributed by atoms with Crippen molar-refractivity contribution in [3.05, 3.63) is 66.6 Å². The summed E-state index contributed by atoms with van der Waals surface area (Å²) in [6.07, 6.45) is 5.21. The predicted molar refractivity (Wildman–Crippen MR) is 91.6 cm³/mol. The smallest absolute Gasteiger partial charge is 0.247 e. The molecule has 4 aromatic heterocycles. The molecule has 0 bridgehead atoms. The molecule has 4 aromatic rings. The van der Waals surface area contributed by atoms with E-state index >= 15 is 0 Å². The van der Waals surface area contributed by atoms with E-state index in [0.717, 1.165) is 5.56 Å². The van der Waals surface area contributed by atoms with E-state index in [-0.39, 0.29) is 12.3 Å². The van der Waals surface area contributed by atoms with E-state index in [4.69, 9.17) is 4.42 Å². The van der Waals surface area contributed by atoms with Gasteiger partial charge in [-0.15, -0.1) is 0 Å². The molecule has 122 valence electrons. The summed E-state index contributed by atoms with van der Waals surface area (Å²) in [6.45, 7) is 0. The van der Waals surface area contributed by atoms with Gasteiger partial charge in [0.25, 0.3) is 0 Å². The van der Waals surface area contributed by atoms with Gasteiger partial charge in [0.1, 0.15) is 11.5 Å². The molecule has 7 nitrogen and oxygen atoms in total. The highest BCUT2D eigenvalue weighted by molar-refractivity contribution is 5.91. The van der Waals surface area contributed by atoms with Gasteiger partial charge in [-0.2, -0.15) is 4.98 Å². The minimum Gasteiger partial charge on any atom is -0.433 e. The molecule has 4 heterocycles. The Kier molecular flexibility index (Phi) is 3.88. The molecule has 0 fully saturated rings. The molecule has 0 atom stereocenters. The molecule has 0 aliphatic rings. The van der Waals surface area contributed by atoms with Crippen LogP contribution in [0.1, 0.15) is 5.56 Å². The van der Waals surface area contributed by atoms with E-state index in [2.05, 4.69) is 25.3 Å². The van der Waals surface area contributed by atoms with E-state index in [1.807, 2.05) is 0 Å². The van der Waals surface area contributed by atoms with Gasteiger partial charge >= 0.3 is 0 Å². The van der Waals surface area contributed by atoms with Crippen LogP contribution >= 0.6 is 0 Å². The summed E-state index contributed by atoms with van der Waals surface area (Å²) in [4.78, 5) is 28.9. The van der Waals surface area contributed by atoms with Crippen molar-refractivity contribution in [2.24, 2.45) is 0 Å². The number of carbonyl (C=O) groups is 1. The van der Waals surface area contributed by atoms with E-state index in [1.165, 1.54) is 0 Å². The molecule has 0 aromatic carbocycles.